The molecule has 10 aliphatic heterocycles. The standard InChI is InChI=1S/C30H28N6O8S4/c1-33-23(43)29-17(39)27(13-7-3-5-9-15(13)31-19(27)35(29)21(41)25(33,11-37)45-47-29)28-14-8-4-6-10-16(14)32-20(28)36-22(42)26(12-38)34(2)24(44)30(36,18(28)40)48-46-26/h3-10,17-20,31-32,37-40H,11-12H2,1-2H3/t17-,18-,19?,20?,25-,26-,27+,28?,29-,30-/m0/s1. The molecule has 12 rings (SSSR count). The fourth-order valence-corrected chi connectivity index (χ4v) is 17.4. The number of hydrogen-bond acceptors (Lipinski definition) is 14. The summed E-state index contributed by atoms with van der Waals surface area (Å²) in [5.74, 6) is -2.36. The Balaban J connectivity index is 1.34. The molecule has 2 aromatic carbocycles. The number of nitrogens with zero attached hydrogens (tertiary/aromatic N) is 4. The molecule has 10 aliphatic rings. The van der Waals surface area contributed by atoms with Crippen LogP contribution in [0, 0.1) is 0 Å². The summed E-state index contributed by atoms with van der Waals surface area (Å²) in [5, 5.41) is 54.7. The summed E-state index contributed by atoms with van der Waals surface area (Å²) in [6.45, 7) is -1.35. The molecule has 48 heavy (non-hydrogen) atoms. The van der Waals surface area contributed by atoms with Crippen LogP contribution in [0.4, 0.5) is 11.4 Å². The first kappa shape index (κ1) is 30.0. The molecule has 8 saturated heterocycles. The maximum atomic E-state index is 14.7. The number of nitrogens with one attached hydrogen (secondary N) is 2. The highest BCUT2D eigenvalue weighted by Crippen LogP contribution is 2.78. The first-order valence-corrected chi connectivity index (χ1v) is 19.5. The predicted octanol–water partition coefficient (Wildman–Crippen LogP) is -0.724. The van der Waals surface area contributed by atoms with E-state index in [0.29, 0.717) is 22.5 Å². The zero-order valence-electron chi connectivity index (χ0n) is 25.2. The Kier molecular flexibility index (Phi) is 5.45. The number of carbonyl (C=O) groups excluding carboxylic acids is 4. The van der Waals surface area contributed by atoms with Gasteiger partial charge in [0, 0.05) is 25.5 Å². The van der Waals surface area contributed by atoms with E-state index in [4.69, 9.17) is 0 Å². The molecule has 0 aromatic heterocycles. The van der Waals surface area contributed by atoms with E-state index in [1.165, 1.54) is 33.7 Å². The van der Waals surface area contributed by atoms with E-state index < -0.39 is 91.7 Å². The number of carbonyl (C=O) groups is 4. The summed E-state index contributed by atoms with van der Waals surface area (Å²) < 4.78 is 0. The molecule has 4 bridgehead atoms. The first-order chi connectivity index (χ1) is 23.0. The Morgan fingerprint density at radius 1 is 0.625 bits per heavy atom. The lowest BCUT2D eigenvalue weighted by Gasteiger charge is -2.58. The largest absolute Gasteiger partial charge is 0.392 e. The van der Waals surface area contributed by atoms with Crippen molar-refractivity contribution in [3.8, 4) is 0 Å². The van der Waals surface area contributed by atoms with Gasteiger partial charge >= 0.3 is 0 Å². The van der Waals surface area contributed by atoms with Crippen LogP contribution in [0.3, 0.4) is 0 Å². The number of aliphatic hydroxyl groups is 4. The molecular formula is C30H28N6O8S4. The van der Waals surface area contributed by atoms with Crippen molar-refractivity contribution >= 4 is 78.2 Å². The van der Waals surface area contributed by atoms with Crippen molar-refractivity contribution in [3.05, 3.63) is 59.7 Å². The summed E-state index contributed by atoms with van der Waals surface area (Å²) in [6.07, 6.45) is -5.79. The van der Waals surface area contributed by atoms with Gasteiger partial charge in [-0.25, -0.2) is 0 Å². The predicted molar refractivity (Wildman–Crippen MR) is 178 cm³/mol. The minimum absolute atomic E-state index is 0.498. The molecule has 0 aliphatic carbocycles. The Morgan fingerprint density at radius 3 is 1.38 bits per heavy atom. The van der Waals surface area contributed by atoms with Crippen LogP contribution >= 0.6 is 43.2 Å². The van der Waals surface area contributed by atoms with E-state index in [2.05, 4.69) is 10.6 Å². The van der Waals surface area contributed by atoms with Crippen LogP contribution in [0.1, 0.15) is 11.1 Å². The molecule has 0 radical (unpaired) electrons. The molecule has 10 atom stereocenters. The number of likely N-dealkylation sites (N-methyl/N-ethyl adjacent to an activating group) is 2. The van der Waals surface area contributed by atoms with Crippen LogP contribution in [0.5, 0.6) is 0 Å². The van der Waals surface area contributed by atoms with Crippen molar-refractivity contribution in [1.29, 1.82) is 0 Å². The smallest absolute Gasteiger partial charge is 0.265 e. The third-order valence-corrected chi connectivity index (χ3v) is 19.4. The normalized spacial score (nSPS) is 45.5. The van der Waals surface area contributed by atoms with Gasteiger partial charge in [0.05, 0.1) is 24.0 Å². The number of hydrogen-bond donors (Lipinski definition) is 6. The van der Waals surface area contributed by atoms with Crippen molar-refractivity contribution in [3.63, 3.8) is 0 Å². The van der Waals surface area contributed by atoms with E-state index in [9.17, 15) is 39.6 Å². The molecule has 2 spiro atoms. The van der Waals surface area contributed by atoms with Crippen molar-refractivity contribution < 1.29 is 39.6 Å². The third kappa shape index (κ3) is 2.47. The van der Waals surface area contributed by atoms with Crippen molar-refractivity contribution in [1.82, 2.24) is 19.6 Å². The average molecular weight is 729 g/mol. The lowest BCUT2D eigenvalue weighted by molar-refractivity contribution is -0.169. The number of benzene rings is 2. The summed E-state index contributed by atoms with van der Waals surface area (Å²) in [5.41, 5.74) is -1.46. The van der Waals surface area contributed by atoms with Gasteiger partial charge in [0.25, 0.3) is 23.6 Å². The Bertz CT molecular complexity index is 1810. The second-order valence-electron chi connectivity index (χ2n) is 13.4. The van der Waals surface area contributed by atoms with Crippen LogP contribution in [0.2, 0.25) is 0 Å². The molecule has 10 heterocycles. The summed E-state index contributed by atoms with van der Waals surface area (Å²) >= 11 is 0. The van der Waals surface area contributed by atoms with Gasteiger partial charge in [0.15, 0.2) is 0 Å². The molecule has 2 aromatic rings. The summed E-state index contributed by atoms with van der Waals surface area (Å²) in [7, 11) is 6.89. The lowest BCUT2D eigenvalue weighted by atomic mass is 9.52. The van der Waals surface area contributed by atoms with Crippen molar-refractivity contribution in [2.24, 2.45) is 0 Å². The molecule has 250 valence electrons. The second kappa shape index (κ2) is 8.71. The molecule has 6 N–H and O–H groups in total. The minimum Gasteiger partial charge on any atom is -0.392 e. The van der Waals surface area contributed by atoms with Gasteiger partial charge in [-0.1, -0.05) is 36.4 Å². The highest BCUT2D eigenvalue weighted by atomic mass is 33.1. The zero-order chi connectivity index (χ0) is 33.6. The number of para-hydroxylation sites is 2. The average Bonchev–Trinajstić information content (AvgIpc) is 3.75. The quantitative estimate of drug-likeness (QED) is 0.218. The second-order valence-corrected chi connectivity index (χ2v) is 18.7. The Morgan fingerprint density at radius 2 is 1.00 bits per heavy atom. The minimum atomic E-state index is -1.91. The molecule has 3 unspecified atom stereocenters. The summed E-state index contributed by atoms with van der Waals surface area (Å²) in [6, 6.07) is 14.2. The zero-order valence-corrected chi connectivity index (χ0v) is 28.5. The SMILES string of the molecule is CN1C(=O)[C@]23SS[C@@]1(CO)C(=O)N2C1Nc2ccccc2[C@@]1(C12c4ccccc4NC1N1C(=O)[C@]4(CO)SS[C@]1(C(=O)N4C)[C@H]2O)[C@@H]3O. The maximum absolute atomic E-state index is 14.7. The molecule has 8 fully saturated rings. The van der Waals surface area contributed by atoms with Gasteiger partial charge in [0.1, 0.15) is 24.5 Å². The number of aliphatic hydroxyl groups excluding tert-OH is 4. The summed E-state index contributed by atoms with van der Waals surface area (Å²) in [4.78, 5) is 56.6. The molecule has 14 nitrogen and oxygen atoms in total. The van der Waals surface area contributed by atoms with Gasteiger partial charge in [0.2, 0.25) is 19.5 Å². The highest BCUT2D eigenvalue weighted by Gasteiger charge is 2.93. The fraction of sp³-hybridized carbons (Fsp3) is 0.467. The molecule has 4 amide bonds. The van der Waals surface area contributed by atoms with Gasteiger partial charge in [-0.3, -0.25) is 29.0 Å². The number of piperazine rings is 2. The van der Waals surface area contributed by atoms with Gasteiger partial charge in [-0.15, -0.1) is 0 Å². The van der Waals surface area contributed by atoms with Crippen LogP contribution < -0.4 is 10.6 Å². The number of anilines is 2. The van der Waals surface area contributed by atoms with E-state index in [0.717, 1.165) is 43.2 Å². The molecule has 18 heteroatoms. The van der Waals surface area contributed by atoms with Crippen LogP contribution in [-0.2, 0) is 30.0 Å². The van der Waals surface area contributed by atoms with Crippen LogP contribution in [0.15, 0.2) is 48.5 Å². The van der Waals surface area contributed by atoms with E-state index in [1.54, 1.807) is 48.5 Å². The number of rotatable bonds is 3. The highest BCUT2D eigenvalue weighted by molar-refractivity contribution is 8.78. The number of fused-ring (bicyclic) bond motifs is 11. The monoisotopic (exact) mass is 728 g/mol. The molecular weight excluding hydrogens is 701 g/mol. The lowest BCUT2D eigenvalue weighted by Crippen LogP contribution is -2.79. The molecule has 0 saturated carbocycles. The van der Waals surface area contributed by atoms with Crippen LogP contribution in [0.25, 0.3) is 0 Å². The fourth-order valence-electron chi connectivity index (χ4n) is 10.0. The maximum Gasteiger partial charge on any atom is 0.265 e. The Labute approximate surface area is 288 Å². The van der Waals surface area contributed by atoms with Gasteiger partial charge < -0.3 is 40.9 Å². The van der Waals surface area contributed by atoms with E-state index in [1.807, 2.05) is 0 Å². The van der Waals surface area contributed by atoms with Crippen LogP contribution in [-0.4, -0.2) is 135 Å². The van der Waals surface area contributed by atoms with E-state index >= 15 is 0 Å². The van der Waals surface area contributed by atoms with Crippen molar-refractivity contribution in [2.45, 2.75) is 54.9 Å². The topological polar surface area (TPSA) is 186 Å². The third-order valence-electron chi connectivity index (χ3n) is 12.2. The van der Waals surface area contributed by atoms with Crippen molar-refractivity contribution in [2.75, 3.05) is 37.9 Å². The Hall–Kier alpha value is -2.84. The van der Waals surface area contributed by atoms with Gasteiger partial charge in [-0.05, 0) is 66.4 Å². The first-order valence-electron chi connectivity index (χ1n) is 15.2. The van der Waals surface area contributed by atoms with E-state index in [-0.39, 0.29) is 0 Å². The van der Waals surface area contributed by atoms with Gasteiger partial charge in [-0.2, -0.15) is 0 Å². The number of amides is 4.